The van der Waals surface area contributed by atoms with E-state index in [0.717, 1.165) is 11.6 Å². The summed E-state index contributed by atoms with van der Waals surface area (Å²) < 4.78 is 31.6. The zero-order chi connectivity index (χ0) is 15.0. The molecular weight excluding hydrogens is 296 g/mol. The third-order valence-electron chi connectivity index (χ3n) is 3.05. The van der Waals surface area contributed by atoms with Gasteiger partial charge in [0.05, 0.1) is 5.69 Å². The zero-order valence-electron chi connectivity index (χ0n) is 11.1. The Kier molecular flexibility index (Phi) is 3.42. The molecule has 0 unspecified atom stereocenters. The first-order chi connectivity index (χ1) is 10.0. The van der Waals surface area contributed by atoms with E-state index in [1.807, 2.05) is 12.3 Å². The molecule has 0 spiro atoms. The fourth-order valence-corrected chi connectivity index (χ4v) is 2.77. The van der Waals surface area contributed by atoms with Crippen LogP contribution in [0.1, 0.15) is 17.0 Å². The highest BCUT2D eigenvalue weighted by Crippen LogP contribution is 2.33. The number of anilines is 1. The second kappa shape index (κ2) is 5.25. The maximum Gasteiger partial charge on any atom is 0.270 e. The molecule has 2 heterocycles. The Morgan fingerprint density at radius 2 is 2.14 bits per heavy atom. The van der Waals surface area contributed by atoms with Gasteiger partial charge in [-0.05, 0) is 29.5 Å². The standard InChI is InChI=1S/C14H11F2N3OS/c1-7-6-21-13(12(7)17)14-18-11(19-20-14)4-8-2-3-9(15)5-10(8)16/h2-3,5-6H,4,17H2,1H3. The first kappa shape index (κ1) is 13.7. The minimum Gasteiger partial charge on any atom is -0.397 e. The summed E-state index contributed by atoms with van der Waals surface area (Å²) in [5.74, 6) is -0.621. The quantitative estimate of drug-likeness (QED) is 0.803. The van der Waals surface area contributed by atoms with Crippen LogP contribution in [-0.4, -0.2) is 10.1 Å². The van der Waals surface area contributed by atoms with E-state index >= 15 is 0 Å². The molecular formula is C14H11F2N3OS. The highest BCUT2D eigenvalue weighted by Gasteiger charge is 2.16. The van der Waals surface area contributed by atoms with Crippen LogP contribution in [0, 0.1) is 18.6 Å². The summed E-state index contributed by atoms with van der Waals surface area (Å²) in [5, 5.41) is 5.70. The summed E-state index contributed by atoms with van der Waals surface area (Å²) >= 11 is 1.41. The van der Waals surface area contributed by atoms with Gasteiger partial charge in [0.1, 0.15) is 16.5 Å². The molecule has 0 atom stereocenters. The fraction of sp³-hybridized carbons (Fsp3) is 0.143. The molecule has 2 aromatic heterocycles. The molecule has 0 bridgehead atoms. The molecule has 2 N–H and O–H groups in total. The second-order valence-electron chi connectivity index (χ2n) is 4.59. The molecule has 108 valence electrons. The predicted molar refractivity (Wildman–Crippen MR) is 75.9 cm³/mol. The highest BCUT2D eigenvalue weighted by molar-refractivity contribution is 7.14. The topological polar surface area (TPSA) is 64.9 Å². The average Bonchev–Trinajstić information content (AvgIpc) is 3.02. The van der Waals surface area contributed by atoms with Crippen LogP contribution in [0.5, 0.6) is 0 Å². The fourth-order valence-electron chi connectivity index (χ4n) is 1.87. The van der Waals surface area contributed by atoms with E-state index in [2.05, 4.69) is 10.1 Å². The molecule has 1 aromatic carbocycles. The van der Waals surface area contributed by atoms with Crippen molar-refractivity contribution in [3.05, 3.63) is 52.2 Å². The smallest absolute Gasteiger partial charge is 0.270 e. The Morgan fingerprint density at radius 1 is 1.33 bits per heavy atom. The number of hydrogen-bond donors (Lipinski definition) is 1. The number of aromatic nitrogens is 2. The van der Waals surface area contributed by atoms with E-state index in [0.29, 0.717) is 27.8 Å². The van der Waals surface area contributed by atoms with Crippen LogP contribution in [-0.2, 0) is 6.42 Å². The van der Waals surface area contributed by atoms with Crippen LogP contribution in [0.15, 0.2) is 28.1 Å². The van der Waals surface area contributed by atoms with Gasteiger partial charge in [0.25, 0.3) is 5.89 Å². The predicted octanol–water partition coefficient (Wildman–Crippen LogP) is 3.56. The minimum atomic E-state index is -0.632. The number of aryl methyl sites for hydroxylation is 1. The van der Waals surface area contributed by atoms with Crippen LogP contribution in [0.25, 0.3) is 10.8 Å². The normalized spacial score (nSPS) is 11.0. The lowest BCUT2D eigenvalue weighted by molar-refractivity contribution is 0.424. The van der Waals surface area contributed by atoms with E-state index in [-0.39, 0.29) is 6.42 Å². The largest absolute Gasteiger partial charge is 0.397 e. The lowest BCUT2D eigenvalue weighted by atomic mass is 10.1. The lowest BCUT2D eigenvalue weighted by Crippen LogP contribution is -1.95. The molecule has 3 rings (SSSR count). The van der Waals surface area contributed by atoms with Gasteiger partial charge < -0.3 is 10.3 Å². The third kappa shape index (κ3) is 2.64. The van der Waals surface area contributed by atoms with Crippen molar-refractivity contribution in [2.24, 2.45) is 0 Å². The van der Waals surface area contributed by atoms with Crippen molar-refractivity contribution < 1.29 is 13.3 Å². The van der Waals surface area contributed by atoms with Crippen LogP contribution in [0.4, 0.5) is 14.5 Å². The van der Waals surface area contributed by atoms with Gasteiger partial charge in [-0.3, -0.25) is 0 Å². The van der Waals surface area contributed by atoms with Crippen LogP contribution in [0.2, 0.25) is 0 Å². The van der Waals surface area contributed by atoms with Crippen molar-refractivity contribution in [2.75, 3.05) is 5.73 Å². The summed E-state index contributed by atoms with van der Waals surface area (Å²) in [6.45, 7) is 1.89. The molecule has 0 radical (unpaired) electrons. The van der Waals surface area contributed by atoms with Crippen molar-refractivity contribution >= 4 is 17.0 Å². The summed E-state index contributed by atoms with van der Waals surface area (Å²) in [7, 11) is 0. The van der Waals surface area contributed by atoms with Crippen molar-refractivity contribution in [1.29, 1.82) is 0 Å². The molecule has 0 aliphatic heterocycles. The minimum absolute atomic E-state index is 0.125. The molecule has 0 aliphatic rings. The third-order valence-corrected chi connectivity index (χ3v) is 4.15. The van der Waals surface area contributed by atoms with E-state index in [1.54, 1.807) is 0 Å². The van der Waals surface area contributed by atoms with Crippen LogP contribution in [0.3, 0.4) is 0 Å². The van der Waals surface area contributed by atoms with E-state index in [1.165, 1.54) is 23.5 Å². The molecule has 21 heavy (non-hydrogen) atoms. The van der Waals surface area contributed by atoms with Crippen LogP contribution >= 0.6 is 11.3 Å². The molecule has 4 nitrogen and oxygen atoms in total. The molecule has 0 saturated carbocycles. The van der Waals surface area contributed by atoms with E-state index in [9.17, 15) is 8.78 Å². The van der Waals surface area contributed by atoms with Gasteiger partial charge >= 0.3 is 0 Å². The second-order valence-corrected chi connectivity index (χ2v) is 5.47. The maximum absolute atomic E-state index is 13.6. The van der Waals surface area contributed by atoms with Crippen molar-refractivity contribution in [2.45, 2.75) is 13.3 Å². The van der Waals surface area contributed by atoms with Crippen molar-refractivity contribution in [1.82, 2.24) is 10.1 Å². The number of halogens is 2. The zero-order valence-corrected chi connectivity index (χ0v) is 11.9. The van der Waals surface area contributed by atoms with Gasteiger partial charge in [-0.25, -0.2) is 8.78 Å². The summed E-state index contributed by atoms with van der Waals surface area (Å²) in [6, 6.07) is 3.39. The molecule has 0 amide bonds. The number of thiophene rings is 1. The van der Waals surface area contributed by atoms with Crippen molar-refractivity contribution in [3.8, 4) is 10.8 Å². The van der Waals surface area contributed by atoms with Gasteiger partial charge in [0.15, 0.2) is 5.82 Å². The average molecular weight is 307 g/mol. The number of benzene rings is 1. The summed E-state index contributed by atoms with van der Waals surface area (Å²) in [6.07, 6.45) is 0.125. The summed E-state index contributed by atoms with van der Waals surface area (Å²) in [5.41, 5.74) is 7.77. The maximum atomic E-state index is 13.6. The first-order valence-electron chi connectivity index (χ1n) is 6.15. The Labute approximate surface area is 123 Å². The van der Waals surface area contributed by atoms with Gasteiger partial charge in [-0.15, -0.1) is 11.3 Å². The summed E-state index contributed by atoms with van der Waals surface area (Å²) in [4.78, 5) is 4.91. The monoisotopic (exact) mass is 307 g/mol. The van der Waals surface area contributed by atoms with Crippen molar-refractivity contribution in [3.63, 3.8) is 0 Å². The van der Waals surface area contributed by atoms with E-state index in [4.69, 9.17) is 10.3 Å². The number of nitrogens with zero attached hydrogens (tertiary/aromatic N) is 2. The molecule has 3 aromatic rings. The Hall–Kier alpha value is -2.28. The molecule has 0 fully saturated rings. The number of nitrogen functional groups attached to an aromatic ring is 1. The SMILES string of the molecule is Cc1csc(-c2nc(Cc3ccc(F)cc3F)no2)c1N. The molecule has 7 heteroatoms. The highest BCUT2D eigenvalue weighted by atomic mass is 32.1. The number of hydrogen-bond acceptors (Lipinski definition) is 5. The Morgan fingerprint density at radius 3 is 2.81 bits per heavy atom. The van der Waals surface area contributed by atoms with Crippen LogP contribution < -0.4 is 5.73 Å². The Balaban J connectivity index is 1.87. The lowest BCUT2D eigenvalue weighted by Gasteiger charge is -1.99. The molecule has 0 saturated heterocycles. The Bertz CT molecular complexity index is 797. The number of rotatable bonds is 3. The first-order valence-corrected chi connectivity index (χ1v) is 7.03. The van der Waals surface area contributed by atoms with Gasteiger partial charge in [-0.2, -0.15) is 4.98 Å². The molecule has 0 aliphatic carbocycles. The van der Waals surface area contributed by atoms with Gasteiger partial charge in [0, 0.05) is 12.5 Å². The number of nitrogens with two attached hydrogens (primary N) is 1. The van der Waals surface area contributed by atoms with E-state index < -0.39 is 11.6 Å². The van der Waals surface area contributed by atoms with Gasteiger partial charge in [-0.1, -0.05) is 11.2 Å². The van der Waals surface area contributed by atoms with Gasteiger partial charge in [0.2, 0.25) is 0 Å².